The fourth-order valence-corrected chi connectivity index (χ4v) is 3.88. The molecular formula is C14H19N5O2S. The van der Waals surface area contributed by atoms with Crippen LogP contribution in [-0.4, -0.2) is 47.6 Å². The molecule has 1 aromatic heterocycles. The highest BCUT2D eigenvalue weighted by molar-refractivity contribution is 7.89. The fraction of sp³-hybridized carbons (Fsp3) is 0.429. The fourth-order valence-electron chi connectivity index (χ4n) is 2.78. The van der Waals surface area contributed by atoms with Gasteiger partial charge in [-0.1, -0.05) is 30.3 Å². The number of aromatic nitrogens is 3. The summed E-state index contributed by atoms with van der Waals surface area (Å²) < 4.78 is 27.0. The molecule has 1 aromatic carbocycles. The number of hydrogen-bond acceptors (Lipinski definition) is 5. The van der Waals surface area contributed by atoms with E-state index in [0.717, 1.165) is 13.0 Å². The van der Waals surface area contributed by atoms with Gasteiger partial charge in [-0.2, -0.15) is 5.10 Å². The Morgan fingerprint density at radius 2 is 2.14 bits per heavy atom. The molecule has 2 atom stereocenters. The molecule has 7 nitrogen and oxygen atoms in total. The molecule has 0 radical (unpaired) electrons. The van der Waals surface area contributed by atoms with Crippen LogP contribution in [0.5, 0.6) is 0 Å². The molecule has 0 bridgehead atoms. The average Bonchev–Trinajstić information content (AvgIpc) is 3.18. The highest BCUT2D eigenvalue weighted by Gasteiger charge is 2.30. The second kappa shape index (κ2) is 6.15. The number of rotatable bonds is 5. The van der Waals surface area contributed by atoms with Gasteiger partial charge in [-0.3, -0.25) is 4.90 Å². The Bertz CT molecular complexity index is 702. The maximum absolute atomic E-state index is 12.1. The molecule has 1 saturated heterocycles. The van der Waals surface area contributed by atoms with Crippen LogP contribution >= 0.6 is 0 Å². The van der Waals surface area contributed by atoms with E-state index in [-0.39, 0.29) is 17.2 Å². The summed E-state index contributed by atoms with van der Waals surface area (Å²) in [6, 6.07) is 10.4. The second-order valence-corrected chi connectivity index (χ2v) is 7.11. The standard InChI is InChI=1S/C14H19N5O2S/c1-11(12-5-3-2-4-6-12)19-8-7-13(9-19)18-22(20,21)14-15-10-16-17-14/h2-6,10-11,13,18H,7-9H2,1H3,(H,15,16,17). The first-order valence-electron chi connectivity index (χ1n) is 7.23. The predicted octanol–water partition coefficient (Wildman–Crippen LogP) is 0.918. The van der Waals surface area contributed by atoms with Gasteiger partial charge in [0, 0.05) is 25.2 Å². The largest absolute Gasteiger partial charge is 0.295 e. The van der Waals surface area contributed by atoms with Crippen molar-refractivity contribution in [2.24, 2.45) is 0 Å². The first-order chi connectivity index (χ1) is 10.6. The minimum absolute atomic E-state index is 0.110. The van der Waals surface area contributed by atoms with Crippen molar-refractivity contribution >= 4 is 10.0 Å². The monoisotopic (exact) mass is 321 g/mol. The maximum Gasteiger partial charge on any atom is 0.276 e. The van der Waals surface area contributed by atoms with Crippen molar-refractivity contribution in [2.45, 2.75) is 30.6 Å². The molecule has 1 aliphatic heterocycles. The van der Waals surface area contributed by atoms with Crippen molar-refractivity contribution in [1.82, 2.24) is 24.8 Å². The minimum Gasteiger partial charge on any atom is -0.295 e. The maximum atomic E-state index is 12.1. The van der Waals surface area contributed by atoms with Gasteiger partial charge in [0.1, 0.15) is 6.33 Å². The highest BCUT2D eigenvalue weighted by atomic mass is 32.2. The van der Waals surface area contributed by atoms with Gasteiger partial charge in [-0.05, 0) is 18.9 Å². The molecule has 8 heteroatoms. The molecule has 118 valence electrons. The van der Waals surface area contributed by atoms with Crippen molar-refractivity contribution in [3.8, 4) is 0 Å². The molecule has 0 amide bonds. The number of nitrogens with one attached hydrogen (secondary N) is 2. The molecule has 0 aliphatic carbocycles. The molecule has 2 N–H and O–H groups in total. The van der Waals surface area contributed by atoms with E-state index < -0.39 is 10.0 Å². The van der Waals surface area contributed by atoms with E-state index in [9.17, 15) is 8.42 Å². The zero-order chi connectivity index (χ0) is 15.6. The Kier molecular flexibility index (Phi) is 4.23. The molecule has 3 rings (SSSR count). The Morgan fingerprint density at radius 3 is 2.82 bits per heavy atom. The first kappa shape index (κ1) is 15.1. The van der Waals surface area contributed by atoms with Crippen LogP contribution in [0.3, 0.4) is 0 Å². The van der Waals surface area contributed by atoms with Gasteiger partial charge < -0.3 is 0 Å². The van der Waals surface area contributed by atoms with Gasteiger partial charge in [-0.25, -0.2) is 23.2 Å². The second-order valence-electron chi connectivity index (χ2n) is 5.48. The number of likely N-dealkylation sites (tertiary alicyclic amines) is 1. The van der Waals surface area contributed by atoms with Crippen molar-refractivity contribution in [3.63, 3.8) is 0 Å². The van der Waals surface area contributed by atoms with Gasteiger partial charge in [0.05, 0.1) is 0 Å². The van der Waals surface area contributed by atoms with Crippen molar-refractivity contribution < 1.29 is 8.42 Å². The third-order valence-corrected chi connectivity index (χ3v) is 5.37. The van der Waals surface area contributed by atoms with Crippen LogP contribution in [0.4, 0.5) is 0 Å². The lowest BCUT2D eigenvalue weighted by Gasteiger charge is -2.24. The predicted molar refractivity (Wildman–Crippen MR) is 81.5 cm³/mol. The summed E-state index contributed by atoms with van der Waals surface area (Å²) in [7, 11) is -3.62. The van der Waals surface area contributed by atoms with Crippen LogP contribution in [0, 0.1) is 0 Å². The molecule has 22 heavy (non-hydrogen) atoms. The van der Waals surface area contributed by atoms with Crippen LogP contribution in [0.15, 0.2) is 41.8 Å². The van der Waals surface area contributed by atoms with E-state index in [0.29, 0.717) is 6.54 Å². The average molecular weight is 321 g/mol. The molecule has 2 heterocycles. The van der Waals surface area contributed by atoms with Gasteiger partial charge in [0.25, 0.3) is 15.2 Å². The van der Waals surface area contributed by atoms with Crippen LogP contribution < -0.4 is 4.72 Å². The summed E-state index contributed by atoms with van der Waals surface area (Å²) in [6.07, 6.45) is 1.97. The lowest BCUT2D eigenvalue weighted by Crippen LogP contribution is -2.38. The Hall–Kier alpha value is -1.77. The van der Waals surface area contributed by atoms with Crippen LogP contribution in [-0.2, 0) is 10.0 Å². The van der Waals surface area contributed by atoms with Crippen LogP contribution in [0.2, 0.25) is 0 Å². The van der Waals surface area contributed by atoms with E-state index >= 15 is 0 Å². The van der Waals surface area contributed by atoms with Crippen molar-refractivity contribution in [1.29, 1.82) is 0 Å². The van der Waals surface area contributed by atoms with E-state index in [1.54, 1.807) is 0 Å². The summed E-state index contributed by atoms with van der Waals surface area (Å²) in [4.78, 5) is 5.98. The van der Waals surface area contributed by atoms with Crippen molar-refractivity contribution in [2.75, 3.05) is 13.1 Å². The highest BCUT2D eigenvalue weighted by Crippen LogP contribution is 2.24. The zero-order valence-electron chi connectivity index (χ0n) is 12.3. The van der Waals surface area contributed by atoms with Gasteiger partial charge in [-0.15, -0.1) is 0 Å². The lowest BCUT2D eigenvalue weighted by atomic mass is 10.1. The number of nitrogens with zero attached hydrogens (tertiary/aromatic N) is 3. The molecule has 1 fully saturated rings. The normalized spacial score (nSPS) is 21.0. The lowest BCUT2D eigenvalue weighted by molar-refractivity contribution is 0.258. The van der Waals surface area contributed by atoms with E-state index in [1.807, 2.05) is 18.2 Å². The quantitative estimate of drug-likeness (QED) is 0.854. The summed E-state index contributed by atoms with van der Waals surface area (Å²) in [6.45, 7) is 3.69. The third-order valence-electron chi connectivity index (χ3n) is 4.02. The number of benzene rings is 1. The molecule has 2 unspecified atom stereocenters. The van der Waals surface area contributed by atoms with Crippen LogP contribution in [0.1, 0.15) is 24.9 Å². The molecular weight excluding hydrogens is 302 g/mol. The first-order valence-corrected chi connectivity index (χ1v) is 8.71. The van der Waals surface area contributed by atoms with Crippen LogP contribution in [0.25, 0.3) is 0 Å². The Morgan fingerprint density at radius 1 is 1.36 bits per heavy atom. The van der Waals surface area contributed by atoms with Gasteiger partial charge in [0.15, 0.2) is 0 Å². The smallest absolute Gasteiger partial charge is 0.276 e. The van der Waals surface area contributed by atoms with Crippen molar-refractivity contribution in [3.05, 3.63) is 42.2 Å². The minimum atomic E-state index is -3.62. The Balaban J connectivity index is 1.63. The summed E-state index contributed by atoms with van der Waals surface area (Å²) >= 11 is 0. The number of sulfonamides is 1. The summed E-state index contributed by atoms with van der Waals surface area (Å²) in [5.74, 6) is 0. The van der Waals surface area contributed by atoms with Gasteiger partial charge >= 0.3 is 0 Å². The van der Waals surface area contributed by atoms with E-state index in [1.165, 1.54) is 11.9 Å². The third kappa shape index (κ3) is 3.18. The molecule has 2 aromatic rings. The zero-order valence-corrected chi connectivity index (χ0v) is 13.1. The molecule has 0 saturated carbocycles. The number of hydrogen-bond donors (Lipinski definition) is 2. The number of aromatic amines is 1. The summed E-state index contributed by atoms with van der Waals surface area (Å²) in [5, 5.41) is 5.83. The van der Waals surface area contributed by atoms with E-state index in [4.69, 9.17) is 0 Å². The number of H-pyrrole nitrogens is 1. The topological polar surface area (TPSA) is 91.0 Å². The van der Waals surface area contributed by atoms with E-state index in [2.05, 4.69) is 43.9 Å². The van der Waals surface area contributed by atoms with Gasteiger partial charge in [0.2, 0.25) is 0 Å². The summed E-state index contributed by atoms with van der Waals surface area (Å²) in [5.41, 5.74) is 1.24. The SMILES string of the molecule is CC(c1ccccc1)N1CCC(NS(=O)(=O)c2ncn[nH]2)C1. The molecule has 0 spiro atoms. The molecule has 1 aliphatic rings. The Labute approximate surface area is 129 Å².